The van der Waals surface area contributed by atoms with Gasteiger partial charge in [0.2, 0.25) is 0 Å². The van der Waals surface area contributed by atoms with E-state index in [9.17, 15) is 4.79 Å². The molecule has 0 aliphatic carbocycles. The van der Waals surface area contributed by atoms with Gasteiger partial charge in [-0.25, -0.2) is 4.79 Å². The molecule has 17 heavy (non-hydrogen) atoms. The van der Waals surface area contributed by atoms with Crippen molar-refractivity contribution < 1.29 is 14.6 Å². The van der Waals surface area contributed by atoms with Crippen LogP contribution in [0.1, 0.15) is 0 Å². The summed E-state index contributed by atoms with van der Waals surface area (Å²) in [6, 6.07) is 11.5. The molecule has 0 aromatic heterocycles. The first-order valence-corrected chi connectivity index (χ1v) is 5.49. The van der Waals surface area contributed by atoms with Crippen molar-refractivity contribution in [3.8, 4) is 5.75 Å². The van der Waals surface area contributed by atoms with Gasteiger partial charge in [-0.2, -0.15) is 0 Å². The molecule has 0 spiro atoms. The van der Waals surface area contributed by atoms with Crippen LogP contribution in [0.2, 0.25) is 0 Å². The van der Waals surface area contributed by atoms with E-state index in [4.69, 9.17) is 9.84 Å². The third-order valence-corrected chi connectivity index (χ3v) is 3.00. The molecule has 2 aromatic carbocycles. The van der Waals surface area contributed by atoms with Crippen molar-refractivity contribution in [2.45, 2.75) is 0 Å². The van der Waals surface area contributed by atoms with Crippen LogP contribution in [0.3, 0.4) is 0 Å². The summed E-state index contributed by atoms with van der Waals surface area (Å²) < 4.78 is 5.94. The molecule has 5 heteroatoms. The first-order valence-electron chi connectivity index (χ1n) is 4.70. The Balaban J connectivity index is 0.00000144. The van der Waals surface area contributed by atoms with Crippen LogP contribution in [0.4, 0.5) is 0 Å². The molecule has 0 saturated heterocycles. The molecule has 0 atom stereocenters. The van der Waals surface area contributed by atoms with E-state index in [-0.39, 0.29) is 36.2 Å². The summed E-state index contributed by atoms with van der Waals surface area (Å²) in [6.45, 7) is -0.336. The van der Waals surface area contributed by atoms with Gasteiger partial charge in [-0.1, -0.05) is 30.3 Å². The summed E-state index contributed by atoms with van der Waals surface area (Å²) in [6.07, 6.45) is 0. The first-order chi connectivity index (χ1) is 7.68. The monoisotopic (exact) mass is 303 g/mol. The average Bonchev–Trinajstić information content (AvgIpc) is 2.28. The number of carbonyl (C=O) groups is 1. The third kappa shape index (κ3) is 3.45. The molecule has 83 valence electrons. The van der Waals surface area contributed by atoms with Crippen LogP contribution in [0.15, 0.2) is 40.9 Å². The van der Waals surface area contributed by atoms with Gasteiger partial charge in [0, 0.05) is 29.6 Å². The molecular formula is C12H9BrNaO3. The van der Waals surface area contributed by atoms with E-state index in [0.29, 0.717) is 5.75 Å². The first kappa shape index (κ1) is 14.5. The van der Waals surface area contributed by atoms with E-state index in [1.807, 2.05) is 30.3 Å². The Bertz CT molecular complexity index is 542. The standard InChI is InChI=1S/C12H9BrO3.Na/c13-12-9-4-2-1-3-8(9)5-6-10(12)16-7-11(14)15;/h1-6H,7H2,(H,14,15);. The Hall–Kier alpha value is -0.550. The minimum absolute atomic E-state index is 0. The molecule has 0 heterocycles. The van der Waals surface area contributed by atoms with Crippen molar-refractivity contribution in [1.29, 1.82) is 0 Å². The van der Waals surface area contributed by atoms with Gasteiger partial charge >= 0.3 is 5.97 Å². The Kier molecular flexibility index (Phi) is 5.46. The van der Waals surface area contributed by atoms with Crippen molar-refractivity contribution in [2.24, 2.45) is 0 Å². The van der Waals surface area contributed by atoms with Crippen LogP contribution < -0.4 is 4.74 Å². The number of rotatable bonds is 3. The second kappa shape index (κ2) is 6.40. The smallest absolute Gasteiger partial charge is 0.341 e. The van der Waals surface area contributed by atoms with Crippen molar-refractivity contribution in [1.82, 2.24) is 0 Å². The fourth-order valence-electron chi connectivity index (χ4n) is 1.46. The van der Waals surface area contributed by atoms with Gasteiger partial charge in [0.05, 0.1) is 4.47 Å². The van der Waals surface area contributed by atoms with Crippen molar-refractivity contribution in [2.75, 3.05) is 6.61 Å². The molecule has 0 aliphatic rings. The van der Waals surface area contributed by atoms with E-state index in [2.05, 4.69) is 15.9 Å². The Labute approximate surface area is 129 Å². The van der Waals surface area contributed by atoms with Gasteiger partial charge < -0.3 is 9.84 Å². The molecule has 1 N–H and O–H groups in total. The predicted molar refractivity (Wildman–Crippen MR) is 70.5 cm³/mol. The molecule has 0 aliphatic heterocycles. The van der Waals surface area contributed by atoms with Crippen LogP contribution in [0, 0.1) is 0 Å². The summed E-state index contributed by atoms with van der Waals surface area (Å²) in [5.74, 6) is -0.443. The second-order valence-electron chi connectivity index (χ2n) is 3.28. The number of benzene rings is 2. The Morgan fingerprint density at radius 1 is 1.24 bits per heavy atom. The van der Waals surface area contributed by atoms with Gasteiger partial charge in [-0.3, -0.25) is 0 Å². The van der Waals surface area contributed by atoms with Crippen LogP contribution in [0.5, 0.6) is 5.75 Å². The molecule has 0 unspecified atom stereocenters. The number of aliphatic carboxylic acids is 1. The van der Waals surface area contributed by atoms with Crippen molar-refractivity contribution in [3.05, 3.63) is 40.9 Å². The summed E-state index contributed by atoms with van der Waals surface area (Å²) in [4.78, 5) is 10.4. The molecular weight excluding hydrogens is 295 g/mol. The quantitative estimate of drug-likeness (QED) is 0.887. The van der Waals surface area contributed by atoms with Gasteiger partial charge in [0.1, 0.15) is 5.75 Å². The summed E-state index contributed by atoms with van der Waals surface area (Å²) in [5.41, 5.74) is 0. The average molecular weight is 304 g/mol. The summed E-state index contributed by atoms with van der Waals surface area (Å²) in [5, 5.41) is 10.6. The van der Waals surface area contributed by atoms with Gasteiger partial charge in [-0.05, 0) is 32.8 Å². The number of halogens is 1. The molecule has 0 fully saturated rings. The topological polar surface area (TPSA) is 46.5 Å². The maximum absolute atomic E-state index is 10.4. The molecule has 1 radical (unpaired) electrons. The van der Waals surface area contributed by atoms with Crippen molar-refractivity contribution in [3.63, 3.8) is 0 Å². The van der Waals surface area contributed by atoms with Crippen molar-refractivity contribution >= 4 is 62.2 Å². The largest absolute Gasteiger partial charge is 0.481 e. The van der Waals surface area contributed by atoms with Crippen LogP contribution >= 0.6 is 15.9 Å². The number of hydrogen-bond acceptors (Lipinski definition) is 2. The van der Waals surface area contributed by atoms with Gasteiger partial charge in [0.15, 0.2) is 6.61 Å². The summed E-state index contributed by atoms with van der Waals surface area (Å²) >= 11 is 3.41. The number of carboxylic acid groups (broad SMARTS) is 1. The SMILES string of the molecule is O=C(O)COc1ccc2ccccc2c1Br.[Na]. The van der Waals surface area contributed by atoms with Gasteiger partial charge in [-0.15, -0.1) is 0 Å². The molecule has 2 rings (SSSR count). The zero-order valence-electron chi connectivity index (χ0n) is 9.31. The molecule has 0 amide bonds. The third-order valence-electron chi connectivity index (χ3n) is 2.18. The number of ether oxygens (including phenoxy) is 1. The van der Waals surface area contributed by atoms with E-state index in [1.165, 1.54) is 0 Å². The Morgan fingerprint density at radius 3 is 2.65 bits per heavy atom. The second-order valence-corrected chi connectivity index (χ2v) is 4.07. The van der Waals surface area contributed by atoms with E-state index >= 15 is 0 Å². The number of carboxylic acids is 1. The van der Waals surface area contributed by atoms with Gasteiger partial charge in [0.25, 0.3) is 0 Å². The Morgan fingerprint density at radius 2 is 1.94 bits per heavy atom. The minimum Gasteiger partial charge on any atom is -0.481 e. The van der Waals surface area contributed by atoms with Crippen LogP contribution in [0.25, 0.3) is 10.8 Å². The van der Waals surface area contributed by atoms with Crippen LogP contribution in [-0.4, -0.2) is 47.2 Å². The number of fused-ring (bicyclic) bond motifs is 1. The zero-order valence-corrected chi connectivity index (χ0v) is 12.9. The van der Waals surface area contributed by atoms with E-state index in [1.54, 1.807) is 6.07 Å². The van der Waals surface area contributed by atoms with E-state index in [0.717, 1.165) is 15.2 Å². The van der Waals surface area contributed by atoms with E-state index < -0.39 is 5.97 Å². The van der Waals surface area contributed by atoms with Crippen LogP contribution in [-0.2, 0) is 4.79 Å². The maximum Gasteiger partial charge on any atom is 0.341 e. The molecule has 0 saturated carbocycles. The fourth-order valence-corrected chi connectivity index (χ4v) is 2.07. The fraction of sp³-hybridized carbons (Fsp3) is 0.0833. The minimum atomic E-state index is -0.986. The normalized spacial score (nSPS) is 9.71. The molecule has 2 aromatic rings. The molecule has 0 bridgehead atoms. The number of hydrogen-bond donors (Lipinski definition) is 1. The predicted octanol–water partition coefficient (Wildman–Crippen LogP) is 2.68. The molecule has 3 nitrogen and oxygen atoms in total. The zero-order chi connectivity index (χ0) is 11.5. The maximum atomic E-state index is 10.4. The summed E-state index contributed by atoms with van der Waals surface area (Å²) in [7, 11) is 0.